The maximum Gasteiger partial charge on any atom is 0.266 e. The SMILES string of the molecule is CCC(Nc1nc(N)nc(N)c1C#N)c1nc2c(Cl)cccc2c(=O)n1-c1cc(F)cc(F)c1. The standard InChI is InChI=1S/C22H17ClF2N8O/c1-2-16(29-19-14(9-26)18(27)31-22(28)32-19)20-30-17-13(4-3-5-15(17)23)21(34)33(20)12-7-10(24)6-11(25)8-12/h3-8,16H,2H2,1H3,(H5,27,28,29,31,32). The molecule has 0 aliphatic heterocycles. The maximum atomic E-state index is 14.1. The summed E-state index contributed by atoms with van der Waals surface area (Å²) in [5.74, 6) is -1.95. The molecule has 2 aromatic heterocycles. The average Bonchev–Trinajstić information content (AvgIpc) is 2.77. The van der Waals surface area contributed by atoms with Gasteiger partial charge >= 0.3 is 0 Å². The summed E-state index contributed by atoms with van der Waals surface area (Å²) in [5.41, 5.74) is 11.0. The van der Waals surface area contributed by atoms with Crippen molar-refractivity contribution in [3.63, 3.8) is 0 Å². The molecule has 0 saturated heterocycles. The van der Waals surface area contributed by atoms with Crippen molar-refractivity contribution in [3.8, 4) is 11.8 Å². The Bertz CT molecular complexity index is 1510. The number of rotatable bonds is 5. The van der Waals surface area contributed by atoms with E-state index in [0.717, 1.165) is 16.7 Å². The van der Waals surface area contributed by atoms with Crippen LogP contribution >= 0.6 is 11.6 Å². The van der Waals surface area contributed by atoms with Crippen LogP contribution in [-0.4, -0.2) is 19.5 Å². The summed E-state index contributed by atoms with van der Waals surface area (Å²) >= 11 is 6.30. The molecule has 2 aromatic carbocycles. The molecule has 0 spiro atoms. The van der Waals surface area contributed by atoms with E-state index in [0.29, 0.717) is 12.5 Å². The van der Waals surface area contributed by atoms with Crippen LogP contribution < -0.4 is 22.3 Å². The quantitative estimate of drug-likeness (QED) is 0.389. The van der Waals surface area contributed by atoms with Crippen LogP contribution in [0.3, 0.4) is 0 Å². The zero-order valence-electron chi connectivity index (χ0n) is 17.7. The zero-order chi connectivity index (χ0) is 24.6. The van der Waals surface area contributed by atoms with Gasteiger partial charge < -0.3 is 16.8 Å². The molecule has 5 N–H and O–H groups in total. The Kier molecular flexibility index (Phi) is 6.00. The molecule has 0 aliphatic rings. The molecule has 0 fully saturated rings. The van der Waals surface area contributed by atoms with E-state index < -0.39 is 23.2 Å². The lowest BCUT2D eigenvalue weighted by Gasteiger charge is -2.23. The van der Waals surface area contributed by atoms with Crippen molar-refractivity contribution >= 4 is 40.1 Å². The van der Waals surface area contributed by atoms with E-state index in [1.165, 1.54) is 6.07 Å². The second-order valence-corrected chi connectivity index (χ2v) is 7.69. The summed E-state index contributed by atoms with van der Waals surface area (Å²) in [6, 6.07) is 8.51. The molecule has 0 radical (unpaired) electrons. The highest BCUT2D eigenvalue weighted by atomic mass is 35.5. The fourth-order valence-electron chi connectivity index (χ4n) is 3.57. The number of nitrogen functional groups attached to an aromatic ring is 2. The lowest BCUT2D eigenvalue weighted by Crippen LogP contribution is -2.29. The summed E-state index contributed by atoms with van der Waals surface area (Å²) in [7, 11) is 0. The Morgan fingerprint density at radius 2 is 1.88 bits per heavy atom. The molecular formula is C22H17ClF2N8O. The van der Waals surface area contributed by atoms with Crippen LogP contribution in [0.4, 0.5) is 26.4 Å². The summed E-state index contributed by atoms with van der Waals surface area (Å²) in [5, 5.41) is 12.9. The number of anilines is 3. The zero-order valence-corrected chi connectivity index (χ0v) is 18.4. The minimum absolute atomic E-state index is 0.0184. The highest BCUT2D eigenvalue weighted by Crippen LogP contribution is 2.29. The minimum atomic E-state index is -0.872. The van der Waals surface area contributed by atoms with Crippen molar-refractivity contribution in [3.05, 3.63) is 74.8 Å². The van der Waals surface area contributed by atoms with Crippen molar-refractivity contribution in [1.29, 1.82) is 5.26 Å². The van der Waals surface area contributed by atoms with Crippen LogP contribution in [-0.2, 0) is 0 Å². The first kappa shape index (κ1) is 22.9. The molecule has 172 valence electrons. The molecule has 0 amide bonds. The van der Waals surface area contributed by atoms with Crippen LogP contribution in [0.2, 0.25) is 5.02 Å². The Morgan fingerprint density at radius 1 is 1.18 bits per heavy atom. The third kappa shape index (κ3) is 4.06. The Hall–Kier alpha value is -4.30. The molecule has 1 atom stereocenters. The number of hydrogen-bond acceptors (Lipinski definition) is 8. The monoisotopic (exact) mass is 482 g/mol. The van der Waals surface area contributed by atoms with E-state index in [2.05, 4.69) is 20.3 Å². The van der Waals surface area contributed by atoms with Gasteiger partial charge in [-0.1, -0.05) is 24.6 Å². The lowest BCUT2D eigenvalue weighted by atomic mass is 10.1. The third-order valence-corrected chi connectivity index (χ3v) is 5.38. The number of hydrogen-bond donors (Lipinski definition) is 3. The number of nitriles is 1. The van der Waals surface area contributed by atoms with Crippen LogP contribution in [0.25, 0.3) is 16.6 Å². The van der Waals surface area contributed by atoms with Gasteiger partial charge in [-0.25, -0.2) is 13.8 Å². The van der Waals surface area contributed by atoms with Crippen molar-refractivity contribution in [2.45, 2.75) is 19.4 Å². The normalized spacial score (nSPS) is 11.9. The number of para-hydroxylation sites is 1. The van der Waals surface area contributed by atoms with Crippen molar-refractivity contribution in [2.75, 3.05) is 16.8 Å². The Labute approximate surface area is 196 Å². The number of halogens is 3. The summed E-state index contributed by atoms with van der Waals surface area (Å²) in [6.07, 6.45) is 0.314. The molecule has 0 bridgehead atoms. The van der Waals surface area contributed by atoms with Crippen molar-refractivity contribution in [2.24, 2.45) is 0 Å². The van der Waals surface area contributed by atoms with Crippen LogP contribution in [0.15, 0.2) is 41.2 Å². The van der Waals surface area contributed by atoms with Crippen LogP contribution in [0, 0.1) is 23.0 Å². The maximum absolute atomic E-state index is 14.1. The third-order valence-electron chi connectivity index (χ3n) is 5.08. The van der Waals surface area contributed by atoms with E-state index in [1.807, 2.05) is 6.07 Å². The molecule has 0 saturated carbocycles. The van der Waals surface area contributed by atoms with E-state index in [9.17, 15) is 18.8 Å². The number of benzene rings is 2. The van der Waals surface area contributed by atoms with Gasteiger partial charge in [0, 0.05) is 6.07 Å². The van der Waals surface area contributed by atoms with E-state index >= 15 is 0 Å². The molecule has 34 heavy (non-hydrogen) atoms. The molecule has 4 rings (SSSR count). The Morgan fingerprint density at radius 3 is 2.53 bits per heavy atom. The molecule has 12 heteroatoms. The minimum Gasteiger partial charge on any atom is -0.382 e. The largest absolute Gasteiger partial charge is 0.382 e. The van der Waals surface area contributed by atoms with Gasteiger partial charge in [0.25, 0.3) is 5.56 Å². The molecule has 4 aromatic rings. The van der Waals surface area contributed by atoms with Gasteiger partial charge in [-0.15, -0.1) is 0 Å². The van der Waals surface area contributed by atoms with E-state index in [1.54, 1.807) is 19.1 Å². The summed E-state index contributed by atoms with van der Waals surface area (Å²) in [6.45, 7) is 1.77. The van der Waals surface area contributed by atoms with Gasteiger partial charge in [0.15, 0.2) is 5.82 Å². The molecule has 9 nitrogen and oxygen atoms in total. The molecule has 2 heterocycles. The fourth-order valence-corrected chi connectivity index (χ4v) is 3.78. The second-order valence-electron chi connectivity index (χ2n) is 7.28. The topological polar surface area (TPSA) is 149 Å². The fraction of sp³-hybridized carbons (Fsp3) is 0.136. The van der Waals surface area contributed by atoms with Crippen molar-refractivity contribution in [1.82, 2.24) is 19.5 Å². The van der Waals surface area contributed by atoms with E-state index in [-0.39, 0.29) is 50.6 Å². The van der Waals surface area contributed by atoms with Gasteiger partial charge in [0.2, 0.25) is 5.95 Å². The summed E-state index contributed by atoms with van der Waals surface area (Å²) < 4.78 is 29.2. The molecule has 0 aliphatic carbocycles. The second kappa shape index (κ2) is 8.92. The highest BCUT2D eigenvalue weighted by Gasteiger charge is 2.24. The number of aromatic nitrogens is 4. The van der Waals surface area contributed by atoms with Crippen LogP contribution in [0.1, 0.15) is 30.8 Å². The number of nitrogens with zero attached hydrogens (tertiary/aromatic N) is 5. The van der Waals surface area contributed by atoms with Gasteiger partial charge in [-0.05, 0) is 30.7 Å². The average molecular weight is 483 g/mol. The lowest BCUT2D eigenvalue weighted by molar-refractivity contribution is 0.578. The predicted octanol–water partition coefficient (Wildman–Crippen LogP) is 3.71. The molecular weight excluding hydrogens is 466 g/mol. The number of nitrogens with one attached hydrogen (secondary N) is 1. The van der Waals surface area contributed by atoms with Crippen LogP contribution in [0.5, 0.6) is 0 Å². The molecule has 1 unspecified atom stereocenters. The smallest absolute Gasteiger partial charge is 0.266 e. The van der Waals surface area contributed by atoms with Gasteiger partial charge in [-0.3, -0.25) is 9.36 Å². The first-order valence-corrected chi connectivity index (χ1v) is 10.4. The Balaban J connectivity index is 2.01. The summed E-state index contributed by atoms with van der Waals surface area (Å²) in [4.78, 5) is 25.9. The van der Waals surface area contributed by atoms with E-state index in [4.69, 9.17) is 23.1 Å². The first-order valence-electron chi connectivity index (χ1n) is 10.0. The number of fused-ring (bicyclic) bond motifs is 1. The number of nitrogens with two attached hydrogens (primary N) is 2. The van der Waals surface area contributed by atoms with Gasteiger partial charge in [0.05, 0.1) is 27.7 Å². The highest BCUT2D eigenvalue weighted by molar-refractivity contribution is 6.35. The van der Waals surface area contributed by atoms with Gasteiger partial charge in [0.1, 0.15) is 34.9 Å². The predicted molar refractivity (Wildman–Crippen MR) is 124 cm³/mol. The van der Waals surface area contributed by atoms with Crippen molar-refractivity contribution < 1.29 is 8.78 Å². The first-order chi connectivity index (χ1) is 16.2. The van der Waals surface area contributed by atoms with Gasteiger partial charge in [-0.2, -0.15) is 15.2 Å².